The molecule has 0 unspecified atom stereocenters. The number of hydrogen-bond donors (Lipinski definition) is 2. The van der Waals surface area contributed by atoms with Gasteiger partial charge in [-0.2, -0.15) is 0 Å². The summed E-state index contributed by atoms with van der Waals surface area (Å²) < 4.78 is 0. The van der Waals surface area contributed by atoms with Gasteiger partial charge in [0.05, 0.1) is 0 Å². The molecule has 0 atom stereocenters. The van der Waals surface area contributed by atoms with E-state index in [2.05, 4.69) is 15.6 Å². The zero-order valence-corrected chi connectivity index (χ0v) is 8.50. The van der Waals surface area contributed by atoms with Crippen LogP contribution >= 0.6 is 0 Å². The Bertz CT molecular complexity index is 295. The average molecular weight is 193 g/mol. The lowest BCUT2D eigenvalue weighted by Crippen LogP contribution is -2.20. The molecule has 0 saturated heterocycles. The molecule has 1 aromatic heterocycles. The number of carbonyl (C=O) groups is 1. The van der Waals surface area contributed by atoms with Gasteiger partial charge in [-0.1, -0.05) is 6.07 Å². The zero-order chi connectivity index (χ0) is 10.4. The number of anilines is 1. The Labute approximate surface area is 83.7 Å². The van der Waals surface area contributed by atoms with Crippen LogP contribution in [-0.4, -0.2) is 24.5 Å². The molecule has 0 aliphatic rings. The van der Waals surface area contributed by atoms with Gasteiger partial charge in [0.2, 0.25) is 5.91 Å². The van der Waals surface area contributed by atoms with Crippen molar-refractivity contribution >= 4 is 11.7 Å². The third kappa shape index (κ3) is 3.43. The number of rotatable bonds is 4. The van der Waals surface area contributed by atoms with Crippen molar-refractivity contribution in [1.82, 2.24) is 10.3 Å². The SMILES string of the molecule is CNC(=O)CCNc1ccc(C)cn1. The van der Waals surface area contributed by atoms with Gasteiger partial charge in [0.25, 0.3) is 0 Å². The highest BCUT2D eigenvalue weighted by molar-refractivity contribution is 5.75. The Morgan fingerprint density at radius 2 is 2.29 bits per heavy atom. The highest BCUT2D eigenvalue weighted by Gasteiger charge is 1.97. The molecule has 2 N–H and O–H groups in total. The molecule has 0 fully saturated rings. The van der Waals surface area contributed by atoms with E-state index in [0.29, 0.717) is 13.0 Å². The minimum atomic E-state index is 0.0320. The Hall–Kier alpha value is -1.58. The molecule has 14 heavy (non-hydrogen) atoms. The molecule has 1 heterocycles. The molecular weight excluding hydrogens is 178 g/mol. The molecule has 1 amide bonds. The van der Waals surface area contributed by atoms with E-state index in [1.165, 1.54) is 0 Å². The van der Waals surface area contributed by atoms with Crippen molar-refractivity contribution in [1.29, 1.82) is 0 Å². The quantitative estimate of drug-likeness (QED) is 0.748. The maximum absolute atomic E-state index is 10.9. The summed E-state index contributed by atoms with van der Waals surface area (Å²) in [5.41, 5.74) is 1.13. The molecule has 0 aliphatic heterocycles. The maximum Gasteiger partial charge on any atom is 0.221 e. The van der Waals surface area contributed by atoms with Crippen molar-refractivity contribution in [3.05, 3.63) is 23.9 Å². The largest absolute Gasteiger partial charge is 0.370 e. The third-order valence-corrected chi connectivity index (χ3v) is 1.85. The summed E-state index contributed by atoms with van der Waals surface area (Å²) in [6, 6.07) is 3.88. The van der Waals surface area contributed by atoms with Crippen LogP contribution in [0.2, 0.25) is 0 Å². The minimum Gasteiger partial charge on any atom is -0.370 e. The van der Waals surface area contributed by atoms with E-state index in [4.69, 9.17) is 0 Å². The van der Waals surface area contributed by atoms with Gasteiger partial charge in [-0.3, -0.25) is 4.79 Å². The van der Waals surface area contributed by atoms with Crippen LogP contribution < -0.4 is 10.6 Å². The summed E-state index contributed by atoms with van der Waals surface area (Å²) in [6.45, 7) is 2.59. The molecule has 0 radical (unpaired) electrons. The lowest BCUT2D eigenvalue weighted by Gasteiger charge is -2.04. The van der Waals surface area contributed by atoms with E-state index >= 15 is 0 Å². The van der Waals surface area contributed by atoms with Gasteiger partial charge in [-0.25, -0.2) is 4.98 Å². The zero-order valence-electron chi connectivity index (χ0n) is 8.50. The van der Waals surface area contributed by atoms with Crippen molar-refractivity contribution in [2.75, 3.05) is 18.9 Å². The Balaban J connectivity index is 2.31. The van der Waals surface area contributed by atoms with Crippen molar-refractivity contribution in [2.24, 2.45) is 0 Å². The van der Waals surface area contributed by atoms with Crippen LogP contribution in [-0.2, 0) is 4.79 Å². The summed E-state index contributed by atoms with van der Waals surface area (Å²) in [5, 5.41) is 5.63. The highest BCUT2D eigenvalue weighted by atomic mass is 16.1. The summed E-state index contributed by atoms with van der Waals surface area (Å²) >= 11 is 0. The number of aryl methyl sites for hydroxylation is 1. The number of hydrogen-bond acceptors (Lipinski definition) is 3. The summed E-state index contributed by atoms with van der Waals surface area (Å²) in [7, 11) is 1.63. The van der Waals surface area contributed by atoms with E-state index < -0.39 is 0 Å². The standard InChI is InChI=1S/C10H15N3O/c1-8-3-4-9(13-7-8)12-6-5-10(14)11-2/h3-4,7H,5-6H2,1-2H3,(H,11,14)(H,12,13). The lowest BCUT2D eigenvalue weighted by molar-refractivity contribution is -0.120. The van der Waals surface area contributed by atoms with Crippen LogP contribution in [0.5, 0.6) is 0 Å². The fourth-order valence-corrected chi connectivity index (χ4v) is 1.00. The van der Waals surface area contributed by atoms with Gasteiger partial charge in [-0.05, 0) is 18.6 Å². The van der Waals surface area contributed by atoms with Gasteiger partial charge in [-0.15, -0.1) is 0 Å². The monoisotopic (exact) mass is 193 g/mol. The second-order valence-electron chi connectivity index (χ2n) is 3.07. The molecule has 4 nitrogen and oxygen atoms in total. The van der Waals surface area contributed by atoms with Crippen molar-refractivity contribution in [3.8, 4) is 0 Å². The summed E-state index contributed by atoms with van der Waals surface area (Å²) in [6.07, 6.45) is 2.26. The van der Waals surface area contributed by atoms with E-state index in [1.807, 2.05) is 19.1 Å². The molecule has 0 aliphatic carbocycles. The van der Waals surface area contributed by atoms with Crippen molar-refractivity contribution in [3.63, 3.8) is 0 Å². The minimum absolute atomic E-state index is 0.0320. The second kappa shape index (κ2) is 5.21. The van der Waals surface area contributed by atoms with Crippen LogP contribution in [0.1, 0.15) is 12.0 Å². The molecule has 1 rings (SSSR count). The predicted molar refractivity (Wildman–Crippen MR) is 56.1 cm³/mol. The fourth-order valence-electron chi connectivity index (χ4n) is 1.00. The Morgan fingerprint density at radius 1 is 1.50 bits per heavy atom. The Kier molecular flexibility index (Phi) is 3.91. The van der Waals surface area contributed by atoms with Crippen LogP contribution in [0, 0.1) is 6.92 Å². The molecule has 76 valence electrons. The van der Waals surface area contributed by atoms with Gasteiger partial charge in [0.1, 0.15) is 5.82 Å². The smallest absolute Gasteiger partial charge is 0.221 e. The van der Waals surface area contributed by atoms with E-state index in [9.17, 15) is 4.79 Å². The first-order valence-electron chi connectivity index (χ1n) is 4.59. The molecule has 4 heteroatoms. The summed E-state index contributed by atoms with van der Waals surface area (Å²) in [5.74, 6) is 0.837. The first kappa shape index (κ1) is 10.5. The molecule has 0 spiro atoms. The van der Waals surface area contributed by atoms with E-state index in [0.717, 1.165) is 11.4 Å². The van der Waals surface area contributed by atoms with E-state index in [-0.39, 0.29) is 5.91 Å². The van der Waals surface area contributed by atoms with Crippen LogP contribution in [0.15, 0.2) is 18.3 Å². The number of nitrogens with zero attached hydrogens (tertiary/aromatic N) is 1. The van der Waals surface area contributed by atoms with Gasteiger partial charge < -0.3 is 10.6 Å². The number of aromatic nitrogens is 1. The summed E-state index contributed by atoms with van der Waals surface area (Å²) in [4.78, 5) is 15.0. The number of carbonyl (C=O) groups excluding carboxylic acids is 1. The number of pyridine rings is 1. The number of amides is 1. The normalized spacial score (nSPS) is 9.57. The molecule has 0 bridgehead atoms. The van der Waals surface area contributed by atoms with Gasteiger partial charge in [0.15, 0.2) is 0 Å². The average Bonchev–Trinajstić information content (AvgIpc) is 2.21. The predicted octanol–water partition coefficient (Wildman–Crippen LogP) is 0.938. The van der Waals surface area contributed by atoms with Crippen LogP contribution in [0.3, 0.4) is 0 Å². The highest BCUT2D eigenvalue weighted by Crippen LogP contribution is 2.03. The first-order valence-corrected chi connectivity index (χ1v) is 4.59. The van der Waals surface area contributed by atoms with Gasteiger partial charge in [0, 0.05) is 26.2 Å². The second-order valence-corrected chi connectivity index (χ2v) is 3.07. The fraction of sp³-hybridized carbons (Fsp3) is 0.400. The van der Waals surface area contributed by atoms with Gasteiger partial charge >= 0.3 is 0 Å². The lowest BCUT2D eigenvalue weighted by atomic mass is 10.3. The van der Waals surface area contributed by atoms with E-state index in [1.54, 1.807) is 13.2 Å². The van der Waals surface area contributed by atoms with Crippen molar-refractivity contribution in [2.45, 2.75) is 13.3 Å². The number of nitrogens with one attached hydrogen (secondary N) is 2. The topological polar surface area (TPSA) is 54.0 Å². The Morgan fingerprint density at radius 3 is 2.86 bits per heavy atom. The first-order chi connectivity index (χ1) is 6.72. The molecular formula is C10H15N3O. The van der Waals surface area contributed by atoms with Crippen molar-refractivity contribution < 1.29 is 4.79 Å². The van der Waals surface area contributed by atoms with Crippen LogP contribution in [0.4, 0.5) is 5.82 Å². The molecule has 1 aromatic rings. The maximum atomic E-state index is 10.9. The molecule has 0 aromatic carbocycles. The van der Waals surface area contributed by atoms with Crippen LogP contribution in [0.25, 0.3) is 0 Å². The molecule has 0 saturated carbocycles. The third-order valence-electron chi connectivity index (χ3n) is 1.85.